The molecule has 0 bridgehead atoms. The molecule has 1 spiro atoms. The molecule has 0 amide bonds. The minimum Gasteiger partial charge on any atom is -0.325 e. The normalized spacial score (nSPS) is 19.8. The maximum absolute atomic E-state index is 4.99. The number of nitrogens with zero attached hydrogens (tertiary/aromatic N) is 4. The fourth-order valence-corrected chi connectivity index (χ4v) is 5.62. The SMILES string of the molecule is Cc1ccc(-c2cnc3n2CCN(C)C32CCN(Cc3cccs3)CC2)cc1. The van der Waals surface area contributed by atoms with Gasteiger partial charge in [0.15, 0.2) is 0 Å². The van der Waals surface area contributed by atoms with Crippen LogP contribution in [0.15, 0.2) is 48.0 Å². The Morgan fingerprint density at radius 3 is 2.54 bits per heavy atom. The summed E-state index contributed by atoms with van der Waals surface area (Å²) in [6.45, 7) is 7.61. The van der Waals surface area contributed by atoms with Crippen molar-refractivity contribution in [3.63, 3.8) is 0 Å². The Kier molecular flexibility index (Phi) is 4.62. The summed E-state index contributed by atoms with van der Waals surface area (Å²) in [5.41, 5.74) is 3.92. The molecule has 4 heterocycles. The lowest BCUT2D eigenvalue weighted by atomic mass is 9.83. The van der Waals surface area contributed by atoms with Gasteiger partial charge < -0.3 is 4.57 Å². The first-order chi connectivity index (χ1) is 13.7. The smallest absolute Gasteiger partial charge is 0.129 e. The number of aryl methyl sites for hydroxylation is 1. The topological polar surface area (TPSA) is 24.3 Å². The second-order valence-electron chi connectivity index (χ2n) is 8.29. The van der Waals surface area contributed by atoms with Gasteiger partial charge in [0.25, 0.3) is 0 Å². The Bertz CT molecular complexity index is 934. The molecule has 3 aromatic rings. The number of benzene rings is 1. The van der Waals surface area contributed by atoms with Gasteiger partial charge in [0.2, 0.25) is 0 Å². The van der Waals surface area contributed by atoms with Crippen LogP contribution in [-0.2, 0) is 18.6 Å². The summed E-state index contributed by atoms with van der Waals surface area (Å²) >= 11 is 1.87. The van der Waals surface area contributed by atoms with E-state index in [4.69, 9.17) is 4.98 Å². The molecule has 1 fully saturated rings. The standard InChI is InChI=1S/C23H28N4S/c1-18-5-7-19(8-6-18)21-16-24-22-23(25(2)13-14-27(21)22)9-11-26(12-10-23)17-20-4-3-15-28-20/h3-8,15-16H,9-14,17H2,1-2H3. The summed E-state index contributed by atoms with van der Waals surface area (Å²) in [6, 6.07) is 13.3. The van der Waals surface area contributed by atoms with Gasteiger partial charge in [0, 0.05) is 37.6 Å². The monoisotopic (exact) mass is 392 g/mol. The number of likely N-dealkylation sites (tertiary alicyclic amines) is 1. The minimum absolute atomic E-state index is 0.0765. The summed E-state index contributed by atoms with van der Waals surface area (Å²) < 4.78 is 2.49. The van der Waals surface area contributed by atoms with Crippen molar-refractivity contribution in [2.45, 2.75) is 38.4 Å². The molecule has 4 nitrogen and oxygen atoms in total. The predicted octanol–water partition coefficient (Wildman–Crippen LogP) is 4.36. The van der Waals surface area contributed by atoms with Crippen LogP contribution in [0.5, 0.6) is 0 Å². The number of imidazole rings is 1. The van der Waals surface area contributed by atoms with E-state index in [-0.39, 0.29) is 5.54 Å². The third-order valence-electron chi connectivity index (χ3n) is 6.65. The van der Waals surface area contributed by atoms with Crippen LogP contribution in [0, 0.1) is 6.92 Å². The van der Waals surface area contributed by atoms with Crippen molar-refractivity contribution >= 4 is 11.3 Å². The van der Waals surface area contributed by atoms with Gasteiger partial charge in [-0.15, -0.1) is 11.3 Å². The van der Waals surface area contributed by atoms with Crippen molar-refractivity contribution in [1.82, 2.24) is 19.4 Å². The molecule has 0 atom stereocenters. The molecule has 5 rings (SSSR count). The first-order valence-electron chi connectivity index (χ1n) is 10.2. The summed E-state index contributed by atoms with van der Waals surface area (Å²) in [5, 5.41) is 2.18. The zero-order chi connectivity index (χ0) is 19.1. The van der Waals surface area contributed by atoms with E-state index in [1.807, 2.05) is 11.3 Å². The third kappa shape index (κ3) is 3.02. The average molecular weight is 393 g/mol. The molecule has 1 saturated heterocycles. The largest absolute Gasteiger partial charge is 0.325 e. The van der Waals surface area contributed by atoms with E-state index in [0.29, 0.717) is 0 Å². The molecule has 0 N–H and O–H groups in total. The number of likely N-dealkylation sites (N-methyl/N-ethyl adjacent to an activating group) is 1. The molecular formula is C23H28N4S. The van der Waals surface area contributed by atoms with Gasteiger partial charge in [-0.3, -0.25) is 9.80 Å². The van der Waals surface area contributed by atoms with Gasteiger partial charge in [0.1, 0.15) is 5.82 Å². The van der Waals surface area contributed by atoms with Crippen molar-refractivity contribution in [3.8, 4) is 11.3 Å². The second kappa shape index (κ2) is 7.14. The Morgan fingerprint density at radius 2 is 1.82 bits per heavy atom. The predicted molar refractivity (Wildman–Crippen MR) is 116 cm³/mol. The second-order valence-corrected chi connectivity index (χ2v) is 9.33. The quantitative estimate of drug-likeness (QED) is 0.662. The Morgan fingerprint density at radius 1 is 1.04 bits per heavy atom. The molecule has 28 heavy (non-hydrogen) atoms. The molecule has 2 aliphatic rings. The molecule has 2 aliphatic heterocycles. The van der Waals surface area contributed by atoms with Crippen molar-refractivity contribution in [3.05, 3.63) is 64.2 Å². The summed E-state index contributed by atoms with van der Waals surface area (Å²) in [5.74, 6) is 1.27. The van der Waals surface area contributed by atoms with Gasteiger partial charge in [-0.05, 0) is 43.8 Å². The van der Waals surface area contributed by atoms with Crippen LogP contribution in [0.4, 0.5) is 0 Å². The minimum atomic E-state index is 0.0765. The van der Waals surface area contributed by atoms with Crippen LogP contribution >= 0.6 is 11.3 Å². The maximum Gasteiger partial charge on any atom is 0.129 e. The number of rotatable bonds is 3. The van der Waals surface area contributed by atoms with E-state index >= 15 is 0 Å². The molecule has 0 aliphatic carbocycles. The first kappa shape index (κ1) is 18.1. The Hall–Kier alpha value is -1.95. The van der Waals surface area contributed by atoms with Crippen LogP contribution < -0.4 is 0 Å². The van der Waals surface area contributed by atoms with Crippen molar-refractivity contribution in [1.29, 1.82) is 0 Å². The number of thiophene rings is 1. The molecule has 0 radical (unpaired) electrons. The number of fused-ring (bicyclic) bond motifs is 2. The Labute approximate surface area is 171 Å². The van der Waals surface area contributed by atoms with Crippen LogP contribution in [0.25, 0.3) is 11.3 Å². The van der Waals surface area contributed by atoms with Crippen molar-refractivity contribution < 1.29 is 0 Å². The number of piperidine rings is 1. The van der Waals surface area contributed by atoms with Gasteiger partial charge in [-0.1, -0.05) is 35.9 Å². The highest BCUT2D eigenvalue weighted by molar-refractivity contribution is 7.09. The van der Waals surface area contributed by atoms with Crippen LogP contribution in [0.1, 0.15) is 29.1 Å². The first-order valence-corrected chi connectivity index (χ1v) is 11.1. The van der Waals surface area contributed by atoms with E-state index in [1.54, 1.807) is 0 Å². The number of hydrogen-bond acceptors (Lipinski definition) is 4. The van der Waals surface area contributed by atoms with E-state index < -0.39 is 0 Å². The molecule has 146 valence electrons. The van der Waals surface area contributed by atoms with E-state index in [0.717, 1.165) is 45.6 Å². The fraction of sp³-hybridized carbons (Fsp3) is 0.435. The highest BCUT2D eigenvalue weighted by Gasteiger charge is 2.45. The zero-order valence-electron chi connectivity index (χ0n) is 16.8. The van der Waals surface area contributed by atoms with Crippen molar-refractivity contribution in [2.24, 2.45) is 0 Å². The molecular weight excluding hydrogens is 364 g/mol. The van der Waals surface area contributed by atoms with Gasteiger partial charge >= 0.3 is 0 Å². The van der Waals surface area contributed by atoms with Gasteiger partial charge in [-0.2, -0.15) is 0 Å². The Balaban J connectivity index is 1.42. The van der Waals surface area contributed by atoms with E-state index in [9.17, 15) is 0 Å². The van der Waals surface area contributed by atoms with Crippen LogP contribution in [0.3, 0.4) is 0 Å². The number of hydrogen-bond donors (Lipinski definition) is 0. The van der Waals surface area contributed by atoms with Crippen molar-refractivity contribution in [2.75, 3.05) is 26.7 Å². The summed E-state index contributed by atoms with van der Waals surface area (Å²) in [7, 11) is 2.29. The molecule has 1 aromatic carbocycles. The molecule has 0 saturated carbocycles. The zero-order valence-corrected chi connectivity index (χ0v) is 17.6. The third-order valence-corrected chi connectivity index (χ3v) is 7.51. The lowest BCUT2D eigenvalue weighted by Gasteiger charge is -2.49. The highest BCUT2D eigenvalue weighted by atomic mass is 32.1. The summed E-state index contributed by atoms with van der Waals surface area (Å²) in [4.78, 5) is 11.6. The highest BCUT2D eigenvalue weighted by Crippen LogP contribution is 2.41. The van der Waals surface area contributed by atoms with Gasteiger partial charge in [0.05, 0.1) is 17.4 Å². The average Bonchev–Trinajstić information content (AvgIpc) is 3.37. The maximum atomic E-state index is 4.99. The fourth-order valence-electron chi connectivity index (χ4n) is 4.87. The summed E-state index contributed by atoms with van der Waals surface area (Å²) in [6.07, 6.45) is 4.40. The molecule has 5 heteroatoms. The molecule has 2 aromatic heterocycles. The van der Waals surface area contributed by atoms with Gasteiger partial charge in [-0.25, -0.2) is 4.98 Å². The van der Waals surface area contributed by atoms with E-state index in [1.165, 1.54) is 27.5 Å². The number of aromatic nitrogens is 2. The lowest BCUT2D eigenvalue weighted by molar-refractivity contribution is 0.00725. The molecule has 0 unspecified atom stereocenters. The van der Waals surface area contributed by atoms with Crippen LogP contribution in [0.2, 0.25) is 0 Å². The van der Waals surface area contributed by atoms with Crippen LogP contribution in [-0.4, -0.2) is 46.0 Å². The van der Waals surface area contributed by atoms with E-state index in [2.05, 4.69) is 76.3 Å². The lowest BCUT2D eigenvalue weighted by Crippen LogP contribution is -2.56.